The highest BCUT2D eigenvalue weighted by atomic mass is 32.1. The SMILES string of the molecule is O=C(CCCNC(=O)c1ccco1)Nn1cnc2scc(-c3ccccc3)c2c1=O. The lowest BCUT2D eigenvalue weighted by Gasteiger charge is -2.08. The van der Waals surface area contributed by atoms with Crippen molar-refractivity contribution < 1.29 is 14.0 Å². The van der Waals surface area contributed by atoms with Crippen LogP contribution in [0, 0.1) is 0 Å². The van der Waals surface area contributed by atoms with E-state index in [9.17, 15) is 14.4 Å². The van der Waals surface area contributed by atoms with Crippen LogP contribution in [0.3, 0.4) is 0 Å². The van der Waals surface area contributed by atoms with Gasteiger partial charge in [0.1, 0.15) is 11.2 Å². The maximum Gasteiger partial charge on any atom is 0.286 e. The summed E-state index contributed by atoms with van der Waals surface area (Å²) >= 11 is 1.38. The fraction of sp³-hybridized carbons (Fsp3) is 0.143. The molecule has 8 nitrogen and oxygen atoms in total. The first-order valence-corrected chi connectivity index (χ1v) is 10.2. The van der Waals surface area contributed by atoms with Crippen LogP contribution in [0.1, 0.15) is 23.4 Å². The molecule has 2 amide bonds. The Kier molecular flexibility index (Phi) is 5.71. The summed E-state index contributed by atoms with van der Waals surface area (Å²) in [6, 6.07) is 12.8. The number of thiophene rings is 1. The highest BCUT2D eigenvalue weighted by molar-refractivity contribution is 7.17. The molecule has 30 heavy (non-hydrogen) atoms. The quantitative estimate of drug-likeness (QED) is 0.445. The van der Waals surface area contributed by atoms with Gasteiger partial charge >= 0.3 is 0 Å². The molecule has 0 unspecified atom stereocenters. The lowest BCUT2D eigenvalue weighted by atomic mass is 10.1. The summed E-state index contributed by atoms with van der Waals surface area (Å²) < 4.78 is 6.10. The number of carbonyl (C=O) groups excluding carboxylic acids is 2. The predicted octanol–water partition coefficient (Wildman–Crippen LogP) is 3.00. The molecule has 4 rings (SSSR count). The zero-order chi connectivity index (χ0) is 20.9. The van der Waals surface area contributed by atoms with Crippen molar-refractivity contribution in [1.82, 2.24) is 15.0 Å². The Morgan fingerprint density at radius 1 is 1.13 bits per heavy atom. The minimum absolute atomic E-state index is 0.137. The van der Waals surface area contributed by atoms with Gasteiger partial charge in [0.25, 0.3) is 11.5 Å². The minimum atomic E-state index is -0.345. The third-order valence-corrected chi connectivity index (χ3v) is 5.32. The third-order valence-electron chi connectivity index (χ3n) is 4.44. The Labute approximate surface area is 175 Å². The van der Waals surface area contributed by atoms with E-state index in [1.807, 2.05) is 35.7 Å². The number of amides is 2. The maximum absolute atomic E-state index is 12.9. The normalized spacial score (nSPS) is 10.8. The van der Waals surface area contributed by atoms with Gasteiger partial charge in [-0.15, -0.1) is 11.3 Å². The first-order valence-electron chi connectivity index (χ1n) is 9.29. The zero-order valence-electron chi connectivity index (χ0n) is 15.8. The Hall–Kier alpha value is -3.72. The van der Waals surface area contributed by atoms with Crippen molar-refractivity contribution in [2.45, 2.75) is 12.8 Å². The van der Waals surface area contributed by atoms with E-state index in [0.29, 0.717) is 23.2 Å². The van der Waals surface area contributed by atoms with Crippen molar-refractivity contribution in [3.8, 4) is 11.1 Å². The van der Waals surface area contributed by atoms with Gasteiger partial charge in [-0.3, -0.25) is 19.8 Å². The molecule has 9 heteroatoms. The van der Waals surface area contributed by atoms with Gasteiger partial charge in [0.05, 0.1) is 11.6 Å². The first-order chi connectivity index (χ1) is 14.6. The Balaban J connectivity index is 1.40. The Morgan fingerprint density at radius 3 is 2.73 bits per heavy atom. The van der Waals surface area contributed by atoms with Gasteiger partial charge in [0.2, 0.25) is 5.91 Å². The molecule has 0 saturated heterocycles. The molecule has 4 aromatic rings. The number of rotatable bonds is 7. The molecule has 152 valence electrons. The summed E-state index contributed by atoms with van der Waals surface area (Å²) in [4.78, 5) is 41.8. The second-order valence-electron chi connectivity index (χ2n) is 6.49. The van der Waals surface area contributed by atoms with Crippen molar-refractivity contribution in [3.05, 3.63) is 76.5 Å². The molecule has 0 aliphatic heterocycles. The van der Waals surface area contributed by atoms with E-state index in [1.165, 1.54) is 23.9 Å². The average Bonchev–Trinajstić information content (AvgIpc) is 3.44. The number of carbonyl (C=O) groups is 2. The van der Waals surface area contributed by atoms with E-state index in [-0.39, 0.29) is 29.6 Å². The second-order valence-corrected chi connectivity index (χ2v) is 7.35. The average molecular weight is 422 g/mol. The summed E-state index contributed by atoms with van der Waals surface area (Å²) in [6.07, 6.45) is 3.28. The molecule has 2 N–H and O–H groups in total. The van der Waals surface area contributed by atoms with E-state index in [0.717, 1.165) is 15.8 Å². The molecule has 0 aliphatic rings. The maximum atomic E-state index is 12.9. The van der Waals surface area contributed by atoms with Crippen LogP contribution in [-0.4, -0.2) is 28.0 Å². The fourth-order valence-corrected chi connectivity index (χ4v) is 3.88. The van der Waals surface area contributed by atoms with Crippen LogP contribution in [0.2, 0.25) is 0 Å². The number of aromatic nitrogens is 2. The molecule has 0 bridgehead atoms. The van der Waals surface area contributed by atoms with Gasteiger partial charge in [-0.2, -0.15) is 0 Å². The molecule has 0 saturated carbocycles. The topological polar surface area (TPSA) is 106 Å². The highest BCUT2D eigenvalue weighted by Crippen LogP contribution is 2.30. The number of nitrogens with zero attached hydrogens (tertiary/aromatic N) is 2. The number of benzene rings is 1. The van der Waals surface area contributed by atoms with Gasteiger partial charge in [0.15, 0.2) is 5.76 Å². The second kappa shape index (κ2) is 8.75. The summed E-state index contributed by atoms with van der Waals surface area (Å²) in [5.41, 5.74) is 3.93. The van der Waals surface area contributed by atoms with E-state index in [1.54, 1.807) is 12.1 Å². The first kappa shape index (κ1) is 19.6. The van der Waals surface area contributed by atoms with E-state index >= 15 is 0 Å². The highest BCUT2D eigenvalue weighted by Gasteiger charge is 2.14. The van der Waals surface area contributed by atoms with Gasteiger partial charge in [-0.1, -0.05) is 30.3 Å². The Morgan fingerprint density at radius 2 is 1.97 bits per heavy atom. The van der Waals surface area contributed by atoms with Crippen LogP contribution in [0.15, 0.2) is 69.6 Å². The standard InChI is InChI=1S/C21H18N4O4S/c26-17(9-4-10-22-19(27)16-8-5-11-29-16)24-25-13-23-20-18(21(25)28)15(12-30-20)14-6-2-1-3-7-14/h1-3,5-8,11-13H,4,9-10H2,(H,22,27)(H,24,26). The van der Waals surface area contributed by atoms with Crippen molar-refractivity contribution in [3.63, 3.8) is 0 Å². The Bertz CT molecular complexity index is 1230. The van der Waals surface area contributed by atoms with Crippen LogP contribution in [0.4, 0.5) is 0 Å². The van der Waals surface area contributed by atoms with E-state index in [2.05, 4.69) is 15.7 Å². The molecule has 0 radical (unpaired) electrons. The molecule has 0 aliphatic carbocycles. The number of furan rings is 1. The molecule has 0 atom stereocenters. The summed E-state index contributed by atoms with van der Waals surface area (Å²) in [6.45, 7) is 0.307. The molecular weight excluding hydrogens is 404 g/mol. The van der Waals surface area contributed by atoms with Crippen LogP contribution in [0.25, 0.3) is 21.3 Å². The summed E-state index contributed by atoms with van der Waals surface area (Å²) in [5, 5.41) is 5.03. The number of hydrogen-bond acceptors (Lipinski definition) is 6. The summed E-state index contributed by atoms with van der Waals surface area (Å²) in [7, 11) is 0. The van der Waals surface area contributed by atoms with Crippen molar-refractivity contribution >= 4 is 33.4 Å². The largest absolute Gasteiger partial charge is 0.459 e. The van der Waals surface area contributed by atoms with Gasteiger partial charge < -0.3 is 9.73 Å². The smallest absolute Gasteiger partial charge is 0.286 e. The van der Waals surface area contributed by atoms with Gasteiger partial charge in [-0.25, -0.2) is 9.66 Å². The molecule has 3 heterocycles. The van der Waals surface area contributed by atoms with Crippen molar-refractivity contribution in [2.75, 3.05) is 12.0 Å². The van der Waals surface area contributed by atoms with E-state index < -0.39 is 0 Å². The minimum Gasteiger partial charge on any atom is -0.459 e. The molecule has 0 spiro atoms. The molecule has 3 aromatic heterocycles. The number of nitrogens with one attached hydrogen (secondary N) is 2. The van der Waals surface area contributed by atoms with Crippen molar-refractivity contribution in [1.29, 1.82) is 0 Å². The third kappa shape index (κ3) is 4.15. The lowest BCUT2D eigenvalue weighted by molar-refractivity contribution is -0.117. The van der Waals surface area contributed by atoms with Crippen LogP contribution in [-0.2, 0) is 4.79 Å². The van der Waals surface area contributed by atoms with Crippen LogP contribution < -0.4 is 16.3 Å². The monoisotopic (exact) mass is 422 g/mol. The predicted molar refractivity (Wildman–Crippen MR) is 114 cm³/mol. The van der Waals surface area contributed by atoms with Gasteiger partial charge in [0, 0.05) is 23.9 Å². The molecule has 0 fully saturated rings. The lowest BCUT2D eigenvalue weighted by Crippen LogP contribution is -2.33. The van der Waals surface area contributed by atoms with Crippen LogP contribution in [0.5, 0.6) is 0 Å². The zero-order valence-corrected chi connectivity index (χ0v) is 16.6. The van der Waals surface area contributed by atoms with Gasteiger partial charge in [-0.05, 0) is 24.1 Å². The fourth-order valence-electron chi connectivity index (χ4n) is 2.98. The van der Waals surface area contributed by atoms with Crippen molar-refractivity contribution in [2.24, 2.45) is 0 Å². The number of hydrogen-bond donors (Lipinski definition) is 2. The summed E-state index contributed by atoms with van der Waals surface area (Å²) in [5.74, 6) is -0.463. The number of fused-ring (bicyclic) bond motifs is 1. The van der Waals surface area contributed by atoms with Crippen LogP contribution >= 0.6 is 11.3 Å². The molecular formula is C21H18N4O4S. The van der Waals surface area contributed by atoms with E-state index in [4.69, 9.17) is 4.42 Å². The molecule has 1 aromatic carbocycles.